The van der Waals surface area contributed by atoms with Gasteiger partial charge in [-0.3, -0.25) is 0 Å². The average Bonchev–Trinajstić information content (AvgIpc) is 2.68. The van der Waals surface area contributed by atoms with E-state index in [0.29, 0.717) is 5.82 Å². The first-order chi connectivity index (χ1) is 7.04. The van der Waals surface area contributed by atoms with Crippen LogP contribution in [0.3, 0.4) is 0 Å². The van der Waals surface area contributed by atoms with Crippen molar-refractivity contribution in [1.82, 2.24) is 15.5 Å². The Bertz CT molecular complexity index is 330. The molecule has 84 valence electrons. The maximum atomic E-state index is 12.0. The van der Waals surface area contributed by atoms with E-state index in [2.05, 4.69) is 20.0 Å². The second-order valence-electron chi connectivity index (χ2n) is 3.49. The molecule has 0 spiro atoms. The van der Waals surface area contributed by atoms with Gasteiger partial charge < -0.3 is 9.84 Å². The van der Waals surface area contributed by atoms with Crippen LogP contribution in [0.5, 0.6) is 0 Å². The highest BCUT2D eigenvalue weighted by atomic mass is 19.4. The molecule has 1 saturated heterocycles. The average molecular weight is 221 g/mol. The number of rotatable bonds is 2. The van der Waals surface area contributed by atoms with Gasteiger partial charge in [0.15, 0.2) is 5.82 Å². The molecule has 0 amide bonds. The molecular weight excluding hydrogens is 211 g/mol. The van der Waals surface area contributed by atoms with Crippen molar-refractivity contribution in [3.8, 4) is 0 Å². The minimum absolute atomic E-state index is 0.0595. The number of hydrogen-bond donors (Lipinski definition) is 1. The van der Waals surface area contributed by atoms with Crippen LogP contribution < -0.4 is 5.32 Å². The largest absolute Gasteiger partial charge is 0.397 e. The predicted octanol–water partition coefficient (Wildman–Crippen LogP) is 1.60. The van der Waals surface area contributed by atoms with Gasteiger partial charge in [-0.2, -0.15) is 18.2 Å². The topological polar surface area (TPSA) is 51.0 Å². The van der Waals surface area contributed by atoms with Crippen LogP contribution in [-0.4, -0.2) is 22.9 Å². The van der Waals surface area contributed by atoms with E-state index < -0.39 is 12.6 Å². The first-order valence-electron chi connectivity index (χ1n) is 4.67. The Morgan fingerprint density at radius 3 is 2.87 bits per heavy atom. The fraction of sp³-hybridized carbons (Fsp3) is 0.750. The predicted molar refractivity (Wildman–Crippen MR) is 44.0 cm³/mol. The van der Waals surface area contributed by atoms with E-state index in [4.69, 9.17) is 0 Å². The Kier molecular flexibility index (Phi) is 2.64. The van der Waals surface area contributed by atoms with Gasteiger partial charge in [0.1, 0.15) is 6.42 Å². The standard InChI is InChI=1S/C8H10F3N3O/c9-8(10,11)4-6-13-7(14-15-6)5-2-1-3-12-5/h5,12H,1-4H2. The van der Waals surface area contributed by atoms with Crippen molar-refractivity contribution in [3.63, 3.8) is 0 Å². The smallest absolute Gasteiger partial charge is 0.339 e. The molecule has 7 heteroatoms. The number of hydrogen-bond acceptors (Lipinski definition) is 4. The number of halogens is 3. The molecule has 0 radical (unpaired) electrons. The quantitative estimate of drug-likeness (QED) is 0.824. The molecule has 1 aliphatic heterocycles. The third-order valence-corrected chi connectivity index (χ3v) is 2.21. The molecule has 1 aromatic rings. The van der Waals surface area contributed by atoms with E-state index in [1.165, 1.54) is 0 Å². The maximum absolute atomic E-state index is 12.0. The highest BCUT2D eigenvalue weighted by Gasteiger charge is 2.32. The van der Waals surface area contributed by atoms with Crippen LogP contribution >= 0.6 is 0 Å². The first kappa shape index (κ1) is 10.4. The summed E-state index contributed by atoms with van der Waals surface area (Å²) < 4.78 is 40.5. The summed E-state index contributed by atoms with van der Waals surface area (Å²) in [6, 6.07) is -0.0595. The molecular formula is C8H10F3N3O. The molecule has 1 unspecified atom stereocenters. The van der Waals surface area contributed by atoms with Crippen LogP contribution in [0.4, 0.5) is 13.2 Å². The third kappa shape index (κ3) is 2.68. The molecule has 0 aliphatic carbocycles. The number of nitrogens with zero attached hydrogens (tertiary/aromatic N) is 2. The van der Waals surface area contributed by atoms with Crippen LogP contribution in [0.15, 0.2) is 4.52 Å². The van der Waals surface area contributed by atoms with E-state index >= 15 is 0 Å². The Labute approximate surface area is 83.8 Å². The van der Waals surface area contributed by atoms with Gasteiger partial charge in [0.05, 0.1) is 6.04 Å². The minimum Gasteiger partial charge on any atom is -0.339 e. The second kappa shape index (κ2) is 3.80. The van der Waals surface area contributed by atoms with Gasteiger partial charge in [-0.05, 0) is 19.4 Å². The molecule has 0 saturated carbocycles. The van der Waals surface area contributed by atoms with Gasteiger partial charge in [0.25, 0.3) is 0 Å². The Morgan fingerprint density at radius 2 is 2.27 bits per heavy atom. The summed E-state index contributed by atoms with van der Waals surface area (Å²) in [6.45, 7) is 0.841. The van der Waals surface area contributed by atoms with E-state index in [1.54, 1.807) is 0 Å². The van der Waals surface area contributed by atoms with Gasteiger partial charge in [-0.25, -0.2) is 0 Å². The summed E-state index contributed by atoms with van der Waals surface area (Å²) in [5.74, 6) is -0.0436. The third-order valence-electron chi connectivity index (χ3n) is 2.21. The van der Waals surface area contributed by atoms with Crippen molar-refractivity contribution >= 4 is 0 Å². The van der Waals surface area contributed by atoms with Crippen molar-refractivity contribution in [3.05, 3.63) is 11.7 Å². The zero-order chi connectivity index (χ0) is 10.9. The van der Waals surface area contributed by atoms with E-state index in [0.717, 1.165) is 19.4 Å². The van der Waals surface area contributed by atoms with Crippen molar-refractivity contribution in [2.24, 2.45) is 0 Å². The molecule has 1 N–H and O–H groups in total. The molecule has 15 heavy (non-hydrogen) atoms. The van der Waals surface area contributed by atoms with Crippen LogP contribution in [-0.2, 0) is 6.42 Å². The van der Waals surface area contributed by atoms with Gasteiger partial charge >= 0.3 is 6.18 Å². The van der Waals surface area contributed by atoms with Gasteiger partial charge in [-0.1, -0.05) is 5.16 Å². The molecule has 1 aromatic heterocycles. The van der Waals surface area contributed by atoms with Crippen LogP contribution in [0.2, 0.25) is 0 Å². The number of aromatic nitrogens is 2. The van der Waals surface area contributed by atoms with Crippen LogP contribution in [0.25, 0.3) is 0 Å². The minimum atomic E-state index is -4.30. The molecule has 0 bridgehead atoms. The summed E-state index contributed by atoms with van der Waals surface area (Å²) in [6.07, 6.45) is -3.64. The lowest BCUT2D eigenvalue weighted by molar-refractivity contribution is -0.131. The normalized spacial score (nSPS) is 22.2. The zero-order valence-electron chi connectivity index (χ0n) is 7.84. The maximum Gasteiger partial charge on any atom is 0.397 e. The zero-order valence-corrected chi connectivity index (χ0v) is 7.84. The lowest BCUT2D eigenvalue weighted by Crippen LogP contribution is -2.15. The molecule has 1 atom stereocenters. The number of alkyl halides is 3. The Balaban J connectivity index is 2.03. The first-order valence-corrected chi connectivity index (χ1v) is 4.67. The summed E-state index contributed by atoms with van der Waals surface area (Å²) in [5.41, 5.74) is 0. The van der Waals surface area contributed by atoms with E-state index in [9.17, 15) is 13.2 Å². The summed E-state index contributed by atoms with van der Waals surface area (Å²) in [4.78, 5) is 3.72. The van der Waals surface area contributed by atoms with Crippen molar-refractivity contribution in [2.75, 3.05) is 6.54 Å². The van der Waals surface area contributed by atoms with E-state index in [1.807, 2.05) is 0 Å². The van der Waals surface area contributed by atoms with Crippen molar-refractivity contribution < 1.29 is 17.7 Å². The fourth-order valence-corrected chi connectivity index (χ4v) is 1.56. The lowest BCUT2D eigenvalue weighted by atomic mass is 10.2. The molecule has 1 aliphatic rings. The molecule has 2 rings (SSSR count). The van der Waals surface area contributed by atoms with E-state index in [-0.39, 0.29) is 11.9 Å². The lowest BCUT2D eigenvalue weighted by Gasteiger charge is -2.02. The SMILES string of the molecule is FC(F)(F)Cc1nc(C2CCCN2)no1. The van der Waals surface area contributed by atoms with Gasteiger partial charge in [-0.15, -0.1) is 0 Å². The van der Waals surface area contributed by atoms with Crippen molar-refractivity contribution in [2.45, 2.75) is 31.5 Å². The molecule has 0 aromatic carbocycles. The van der Waals surface area contributed by atoms with Gasteiger partial charge in [0, 0.05) is 0 Å². The summed E-state index contributed by atoms with van der Waals surface area (Å²) in [7, 11) is 0. The highest BCUT2D eigenvalue weighted by Crippen LogP contribution is 2.23. The fourth-order valence-electron chi connectivity index (χ4n) is 1.56. The second-order valence-corrected chi connectivity index (χ2v) is 3.49. The Morgan fingerprint density at radius 1 is 1.47 bits per heavy atom. The monoisotopic (exact) mass is 221 g/mol. The summed E-state index contributed by atoms with van der Waals surface area (Å²) in [5, 5.41) is 6.62. The summed E-state index contributed by atoms with van der Waals surface area (Å²) >= 11 is 0. The van der Waals surface area contributed by atoms with Gasteiger partial charge in [0.2, 0.25) is 5.89 Å². The molecule has 4 nitrogen and oxygen atoms in total. The van der Waals surface area contributed by atoms with Crippen molar-refractivity contribution in [1.29, 1.82) is 0 Å². The number of nitrogens with one attached hydrogen (secondary N) is 1. The molecule has 2 heterocycles. The highest BCUT2D eigenvalue weighted by molar-refractivity contribution is 4.97. The van der Waals surface area contributed by atoms with Crippen LogP contribution in [0, 0.1) is 0 Å². The Hall–Kier alpha value is -1.11. The molecule has 1 fully saturated rings. The van der Waals surface area contributed by atoms with Crippen LogP contribution in [0.1, 0.15) is 30.6 Å².